The lowest BCUT2D eigenvalue weighted by molar-refractivity contribution is -0.135. The first-order valence-electron chi connectivity index (χ1n) is 9.91. The zero-order chi connectivity index (χ0) is 20.1. The summed E-state index contributed by atoms with van der Waals surface area (Å²) < 4.78 is 5.36. The third-order valence-corrected chi connectivity index (χ3v) is 6.20. The van der Waals surface area contributed by atoms with Crippen LogP contribution >= 0.6 is 0 Å². The van der Waals surface area contributed by atoms with Crippen LogP contribution in [-0.4, -0.2) is 36.0 Å². The molecule has 0 spiro atoms. The molecule has 0 radical (unpaired) electrons. The molecule has 28 heavy (non-hydrogen) atoms. The molecule has 1 heterocycles. The fourth-order valence-electron chi connectivity index (χ4n) is 5.47. The lowest BCUT2D eigenvalue weighted by Gasteiger charge is -2.39. The van der Waals surface area contributed by atoms with Gasteiger partial charge in [-0.25, -0.2) is 4.79 Å². The van der Waals surface area contributed by atoms with Crippen molar-refractivity contribution in [1.29, 1.82) is 0 Å². The maximum Gasteiger partial charge on any atom is 0.340 e. The molecule has 2 fully saturated rings. The van der Waals surface area contributed by atoms with Gasteiger partial charge < -0.3 is 15.4 Å². The van der Waals surface area contributed by atoms with Crippen LogP contribution in [0.2, 0.25) is 0 Å². The Bertz CT molecular complexity index is 952. The number of nitrogens with two attached hydrogens (primary N) is 1. The van der Waals surface area contributed by atoms with Crippen molar-refractivity contribution >= 4 is 28.3 Å². The van der Waals surface area contributed by atoms with Crippen LogP contribution < -0.4 is 5.73 Å². The molecule has 2 unspecified atom stereocenters. The predicted molar refractivity (Wildman–Crippen MR) is 110 cm³/mol. The molecule has 2 N–H and O–H groups in total. The topological polar surface area (TPSA) is 72.6 Å². The van der Waals surface area contributed by atoms with E-state index in [1.54, 1.807) is 12.1 Å². The largest absolute Gasteiger partial charge is 0.452 e. The first-order valence-corrected chi connectivity index (χ1v) is 9.91. The fraction of sp³-hybridized carbons (Fsp3) is 0.478. The number of hydrogen-bond donors (Lipinski definition) is 1. The number of fused-ring (bicyclic) bond motifs is 3. The van der Waals surface area contributed by atoms with Gasteiger partial charge in [0.2, 0.25) is 0 Å². The van der Waals surface area contributed by atoms with E-state index in [-0.39, 0.29) is 29.4 Å². The number of carbonyl (C=O) groups excluding carboxylic acids is 2. The molecule has 1 saturated heterocycles. The van der Waals surface area contributed by atoms with Crippen LogP contribution in [0.3, 0.4) is 0 Å². The molecule has 148 valence electrons. The maximum atomic E-state index is 12.8. The fourth-order valence-corrected chi connectivity index (χ4v) is 5.47. The molecular weight excluding hydrogens is 352 g/mol. The van der Waals surface area contributed by atoms with Gasteiger partial charge in [-0.05, 0) is 53.0 Å². The number of amides is 1. The smallest absolute Gasteiger partial charge is 0.340 e. The van der Waals surface area contributed by atoms with Crippen molar-refractivity contribution in [2.24, 2.45) is 10.8 Å². The Balaban J connectivity index is 1.44. The summed E-state index contributed by atoms with van der Waals surface area (Å²) in [6.45, 7) is 7.31. The van der Waals surface area contributed by atoms with Gasteiger partial charge in [0.05, 0.1) is 5.56 Å². The first-order chi connectivity index (χ1) is 13.2. The molecule has 1 amide bonds. The third-order valence-electron chi connectivity index (χ3n) is 6.20. The Labute approximate surface area is 165 Å². The van der Waals surface area contributed by atoms with Crippen molar-refractivity contribution in [2.45, 2.75) is 46.1 Å². The lowest BCUT2D eigenvalue weighted by Crippen LogP contribution is -2.39. The van der Waals surface area contributed by atoms with Crippen LogP contribution in [0.1, 0.15) is 50.4 Å². The number of nitrogens with zero attached hydrogens (tertiary/aromatic N) is 1. The summed E-state index contributed by atoms with van der Waals surface area (Å²) in [7, 11) is 0. The maximum absolute atomic E-state index is 12.8. The molecule has 4 rings (SSSR count). The number of esters is 1. The molecule has 2 aromatic carbocycles. The average molecular weight is 380 g/mol. The average Bonchev–Trinajstić information content (AvgIpc) is 2.87. The summed E-state index contributed by atoms with van der Waals surface area (Å²) in [6.07, 6.45) is 3.15. The normalized spacial score (nSPS) is 25.7. The number of benzene rings is 2. The molecule has 2 atom stereocenters. The van der Waals surface area contributed by atoms with Crippen molar-refractivity contribution in [3.8, 4) is 0 Å². The van der Waals surface area contributed by atoms with Crippen LogP contribution in [0.25, 0.3) is 10.8 Å². The minimum atomic E-state index is -0.551. The lowest BCUT2D eigenvalue weighted by atomic mass is 9.65. The van der Waals surface area contributed by atoms with E-state index in [1.165, 1.54) is 0 Å². The highest BCUT2D eigenvalue weighted by atomic mass is 16.5. The van der Waals surface area contributed by atoms with Crippen LogP contribution in [0.5, 0.6) is 0 Å². The number of carbonyl (C=O) groups is 2. The number of rotatable bonds is 3. The number of likely N-dealkylation sites (tertiary alicyclic amines) is 1. The molecule has 5 heteroatoms. The van der Waals surface area contributed by atoms with E-state index >= 15 is 0 Å². The Hall–Kier alpha value is -2.56. The van der Waals surface area contributed by atoms with Gasteiger partial charge in [0.15, 0.2) is 6.61 Å². The number of anilines is 1. The highest BCUT2D eigenvalue weighted by Gasteiger charge is 2.50. The molecule has 1 saturated carbocycles. The van der Waals surface area contributed by atoms with Crippen molar-refractivity contribution in [2.75, 3.05) is 18.9 Å². The quantitative estimate of drug-likeness (QED) is 0.645. The molecule has 2 aromatic rings. The van der Waals surface area contributed by atoms with E-state index < -0.39 is 5.97 Å². The molecule has 0 aromatic heterocycles. The monoisotopic (exact) mass is 380 g/mol. The second kappa shape index (κ2) is 6.50. The Kier molecular flexibility index (Phi) is 4.36. The second-order valence-electron chi connectivity index (χ2n) is 9.60. The molecular formula is C23H28N2O3. The van der Waals surface area contributed by atoms with Gasteiger partial charge in [0.25, 0.3) is 5.91 Å². The highest BCUT2D eigenvalue weighted by Crippen LogP contribution is 2.52. The van der Waals surface area contributed by atoms with Crippen LogP contribution in [0.4, 0.5) is 5.69 Å². The highest BCUT2D eigenvalue weighted by molar-refractivity contribution is 6.01. The molecule has 2 aliphatic rings. The summed E-state index contributed by atoms with van der Waals surface area (Å²) in [4.78, 5) is 27.3. The van der Waals surface area contributed by atoms with Crippen LogP contribution in [-0.2, 0) is 9.53 Å². The van der Waals surface area contributed by atoms with Crippen LogP contribution in [0, 0.1) is 10.8 Å². The first kappa shape index (κ1) is 18.8. The van der Waals surface area contributed by atoms with Gasteiger partial charge in [0.1, 0.15) is 0 Å². The Morgan fingerprint density at radius 3 is 2.54 bits per heavy atom. The number of ether oxygens (including phenoxy) is 1. The molecule has 1 aliphatic carbocycles. The third kappa shape index (κ3) is 3.46. The Morgan fingerprint density at radius 2 is 1.82 bits per heavy atom. The van der Waals surface area contributed by atoms with Gasteiger partial charge in [-0.3, -0.25) is 4.79 Å². The summed E-state index contributed by atoms with van der Waals surface area (Å²) in [5.74, 6) is -0.663. The zero-order valence-corrected chi connectivity index (χ0v) is 16.8. The van der Waals surface area contributed by atoms with Crippen molar-refractivity contribution in [3.05, 3.63) is 42.0 Å². The van der Waals surface area contributed by atoms with Crippen molar-refractivity contribution < 1.29 is 14.3 Å². The molecule has 2 bridgehead atoms. The molecule has 1 aliphatic heterocycles. The minimum absolute atomic E-state index is 0.112. The number of nitrogen functional groups attached to an aromatic ring is 1. The van der Waals surface area contributed by atoms with Crippen molar-refractivity contribution in [3.63, 3.8) is 0 Å². The van der Waals surface area contributed by atoms with Gasteiger partial charge in [-0.1, -0.05) is 45.0 Å². The summed E-state index contributed by atoms with van der Waals surface area (Å²) >= 11 is 0. The van der Waals surface area contributed by atoms with E-state index in [0.29, 0.717) is 11.3 Å². The SMILES string of the molecule is CC1(C)CC2CC(C)(CN2C(=O)COC(=O)c2cc3ccccc3cc2N)C1. The standard InChI is InChI=1S/C23H28N2O3/c1-22(2)10-17-11-23(3,13-22)14-25(17)20(26)12-28-21(27)18-8-15-6-4-5-7-16(15)9-19(18)24/h4-9,17H,10-14,24H2,1-3H3. The summed E-state index contributed by atoms with van der Waals surface area (Å²) in [5.41, 5.74) is 7.11. The van der Waals surface area contributed by atoms with Crippen molar-refractivity contribution in [1.82, 2.24) is 4.90 Å². The van der Waals surface area contributed by atoms with E-state index in [2.05, 4.69) is 20.8 Å². The minimum Gasteiger partial charge on any atom is -0.452 e. The Morgan fingerprint density at radius 1 is 1.14 bits per heavy atom. The van der Waals surface area contributed by atoms with Crippen LogP contribution in [0.15, 0.2) is 36.4 Å². The van der Waals surface area contributed by atoms with E-state index in [9.17, 15) is 9.59 Å². The summed E-state index contributed by atoms with van der Waals surface area (Å²) in [6, 6.07) is 11.4. The van der Waals surface area contributed by atoms with E-state index in [1.807, 2.05) is 29.2 Å². The van der Waals surface area contributed by atoms with Gasteiger partial charge >= 0.3 is 5.97 Å². The predicted octanol–water partition coefficient (Wildman–Crippen LogP) is 4.01. The van der Waals surface area contributed by atoms with E-state index in [0.717, 1.165) is 36.6 Å². The van der Waals surface area contributed by atoms with Gasteiger partial charge in [0, 0.05) is 18.3 Å². The van der Waals surface area contributed by atoms with Gasteiger partial charge in [-0.15, -0.1) is 0 Å². The summed E-state index contributed by atoms with van der Waals surface area (Å²) in [5, 5.41) is 1.88. The number of hydrogen-bond acceptors (Lipinski definition) is 4. The zero-order valence-electron chi connectivity index (χ0n) is 16.8. The van der Waals surface area contributed by atoms with E-state index in [4.69, 9.17) is 10.5 Å². The second-order valence-corrected chi connectivity index (χ2v) is 9.60. The van der Waals surface area contributed by atoms with Gasteiger partial charge in [-0.2, -0.15) is 0 Å². The molecule has 5 nitrogen and oxygen atoms in total.